The van der Waals surface area contributed by atoms with Crippen LogP contribution >= 0.6 is 46.7 Å². The molecule has 0 aromatic heterocycles. The van der Waals surface area contributed by atoms with Gasteiger partial charge in [-0.15, -0.1) is 0 Å². The summed E-state index contributed by atoms with van der Waals surface area (Å²) >= 11 is 16.2. The third-order valence-corrected chi connectivity index (χ3v) is 7.91. The molecular weight excluding hydrogens is 427 g/mol. The molecule has 2 aliphatic heterocycles. The van der Waals surface area contributed by atoms with Crippen molar-refractivity contribution in [3.8, 4) is 0 Å². The summed E-state index contributed by atoms with van der Waals surface area (Å²) in [5.74, 6) is 0. The number of nitrogens with zero attached hydrogens (tertiary/aromatic N) is 1. The maximum absolute atomic E-state index is 6.23. The van der Waals surface area contributed by atoms with Crippen LogP contribution in [0.3, 0.4) is 0 Å². The van der Waals surface area contributed by atoms with Gasteiger partial charge in [-0.3, -0.25) is 4.90 Å². The molecule has 2 nitrogen and oxygen atoms in total. The van der Waals surface area contributed by atoms with E-state index in [1.807, 2.05) is 35.7 Å². The highest BCUT2D eigenvalue weighted by Crippen LogP contribution is 2.47. The maximum Gasteiger partial charge on any atom is 0.163 e. The van der Waals surface area contributed by atoms with Crippen molar-refractivity contribution in [3.63, 3.8) is 0 Å². The van der Waals surface area contributed by atoms with Gasteiger partial charge < -0.3 is 4.90 Å². The van der Waals surface area contributed by atoms with E-state index in [0.717, 1.165) is 23.1 Å². The lowest BCUT2D eigenvalue weighted by molar-refractivity contribution is -0.833. The van der Waals surface area contributed by atoms with Gasteiger partial charge in [-0.05, 0) is 68.8 Å². The molecule has 0 saturated heterocycles. The van der Waals surface area contributed by atoms with Crippen molar-refractivity contribution in [1.29, 1.82) is 0 Å². The van der Waals surface area contributed by atoms with Gasteiger partial charge in [0.1, 0.15) is 5.69 Å². The van der Waals surface area contributed by atoms with E-state index >= 15 is 0 Å². The quantitative estimate of drug-likeness (QED) is 0.578. The van der Waals surface area contributed by atoms with Crippen LogP contribution in [0.1, 0.15) is 20.8 Å². The number of hydrogen-bond donors (Lipinski definition) is 1. The second kappa shape index (κ2) is 8.37. The fourth-order valence-corrected chi connectivity index (χ4v) is 6.74. The number of anilines is 1. The molecule has 2 unspecified atom stereocenters. The van der Waals surface area contributed by atoms with Gasteiger partial charge >= 0.3 is 0 Å². The number of fused-ring (bicyclic) bond motifs is 2. The Balaban J connectivity index is 1.60. The van der Waals surface area contributed by atoms with Crippen molar-refractivity contribution in [1.82, 2.24) is 0 Å². The van der Waals surface area contributed by atoms with Gasteiger partial charge in [0.15, 0.2) is 5.37 Å². The average molecular weight is 450 g/mol. The van der Waals surface area contributed by atoms with Crippen molar-refractivity contribution in [2.24, 2.45) is 0 Å². The Kier molecular flexibility index (Phi) is 6.05. The summed E-state index contributed by atoms with van der Waals surface area (Å²) in [6.07, 6.45) is 4.68. The molecular formula is C22H23Cl2N2S2+. The lowest BCUT2D eigenvalue weighted by atomic mass is 10.2. The minimum absolute atomic E-state index is 0.369. The molecule has 0 fully saturated rings. The zero-order valence-corrected chi connectivity index (χ0v) is 19.3. The molecule has 0 bridgehead atoms. The molecule has 2 heterocycles. The topological polar surface area (TPSA) is 7.68 Å². The van der Waals surface area contributed by atoms with E-state index in [0.29, 0.717) is 5.37 Å². The Hall–Kier alpha value is -1.04. The van der Waals surface area contributed by atoms with Crippen LogP contribution in [0, 0.1) is 0 Å². The average Bonchev–Trinajstić information content (AvgIpc) is 3.17. The fourth-order valence-electron chi connectivity index (χ4n) is 3.73. The van der Waals surface area contributed by atoms with Gasteiger partial charge in [0.05, 0.1) is 22.2 Å². The number of likely N-dealkylation sites (N-methyl/N-ethyl adjacent to an activating group) is 1. The lowest BCUT2D eigenvalue weighted by Gasteiger charge is -2.19. The molecule has 0 amide bonds. The summed E-state index contributed by atoms with van der Waals surface area (Å²) in [5, 5.41) is 3.22. The standard InChI is InChI=1S/C22H22Cl2N2S2/c1-4-25-17-12-15(23)6-8-19(17)27-21(25)10-14(3)11-22-26(5-2)18-13-16(24)7-9-20(18)28-22/h6-13,21H,4-5H2,1-3H3/p+1. The largest absolute Gasteiger partial charge is 0.335 e. The van der Waals surface area contributed by atoms with Gasteiger partial charge in [0.2, 0.25) is 0 Å². The number of quaternary nitrogens is 1. The SMILES string of the molecule is CCN1C(=CC(C)=CC2Sc3ccc(Cl)cc3[NH+]2CC)Sc2ccc(Cl)cc21. The second-order valence-corrected chi connectivity index (χ2v) is 10.0. The number of nitrogens with one attached hydrogen (secondary N) is 1. The van der Waals surface area contributed by atoms with Gasteiger partial charge in [-0.2, -0.15) is 0 Å². The first kappa shape index (κ1) is 20.2. The highest BCUT2D eigenvalue weighted by molar-refractivity contribution is 8.03. The zero-order valence-electron chi connectivity index (χ0n) is 16.1. The van der Waals surface area contributed by atoms with E-state index in [2.05, 4.69) is 62.1 Å². The van der Waals surface area contributed by atoms with Crippen LogP contribution in [0.5, 0.6) is 0 Å². The summed E-state index contributed by atoms with van der Waals surface area (Å²) in [7, 11) is 0. The Morgan fingerprint density at radius 2 is 1.82 bits per heavy atom. The monoisotopic (exact) mass is 449 g/mol. The molecule has 0 saturated carbocycles. The fraction of sp³-hybridized carbons (Fsp3) is 0.273. The van der Waals surface area contributed by atoms with Crippen LogP contribution in [-0.2, 0) is 0 Å². The van der Waals surface area contributed by atoms with E-state index in [4.69, 9.17) is 23.2 Å². The Labute approximate surface area is 185 Å². The summed E-state index contributed by atoms with van der Waals surface area (Å²) in [4.78, 5) is 6.39. The first-order valence-electron chi connectivity index (χ1n) is 9.47. The third-order valence-electron chi connectivity index (χ3n) is 5.04. The lowest BCUT2D eigenvalue weighted by Crippen LogP contribution is -3.08. The predicted octanol–water partition coefficient (Wildman–Crippen LogP) is 6.38. The molecule has 2 aliphatic rings. The molecule has 0 spiro atoms. The maximum atomic E-state index is 6.23. The van der Waals surface area contributed by atoms with Crippen molar-refractivity contribution in [3.05, 3.63) is 69.2 Å². The van der Waals surface area contributed by atoms with Gasteiger partial charge in [0, 0.05) is 27.6 Å². The van der Waals surface area contributed by atoms with Crippen molar-refractivity contribution < 1.29 is 4.90 Å². The molecule has 28 heavy (non-hydrogen) atoms. The van der Waals surface area contributed by atoms with Gasteiger partial charge in [-0.25, -0.2) is 0 Å². The van der Waals surface area contributed by atoms with Crippen LogP contribution < -0.4 is 9.80 Å². The molecule has 0 radical (unpaired) electrons. The molecule has 2 aromatic rings. The van der Waals surface area contributed by atoms with Crippen LogP contribution in [0.4, 0.5) is 11.4 Å². The number of allylic oxidation sites excluding steroid dienone is 2. The van der Waals surface area contributed by atoms with Crippen LogP contribution in [0.25, 0.3) is 0 Å². The second-order valence-electron chi connectivity index (χ2n) is 6.91. The zero-order chi connectivity index (χ0) is 19.8. The van der Waals surface area contributed by atoms with Crippen molar-refractivity contribution in [2.75, 3.05) is 18.0 Å². The number of rotatable bonds is 4. The van der Waals surface area contributed by atoms with Gasteiger partial charge in [-0.1, -0.05) is 46.7 Å². The summed E-state index contributed by atoms with van der Waals surface area (Å²) in [6, 6.07) is 12.4. The first-order chi connectivity index (χ1) is 13.5. The van der Waals surface area contributed by atoms with E-state index in [9.17, 15) is 0 Å². The normalized spacial score (nSPS) is 22.7. The minimum Gasteiger partial charge on any atom is -0.335 e. The van der Waals surface area contributed by atoms with E-state index < -0.39 is 0 Å². The predicted molar refractivity (Wildman–Crippen MR) is 124 cm³/mol. The molecule has 4 rings (SSSR count). The number of hydrogen-bond acceptors (Lipinski definition) is 3. The van der Waals surface area contributed by atoms with Crippen LogP contribution in [0.15, 0.2) is 68.9 Å². The van der Waals surface area contributed by atoms with Crippen LogP contribution in [0.2, 0.25) is 10.0 Å². The molecule has 2 aromatic carbocycles. The molecule has 146 valence electrons. The summed E-state index contributed by atoms with van der Waals surface area (Å²) in [5.41, 5.74) is 3.80. The van der Waals surface area contributed by atoms with E-state index in [1.165, 1.54) is 36.7 Å². The van der Waals surface area contributed by atoms with Crippen molar-refractivity contribution >= 4 is 58.1 Å². The smallest absolute Gasteiger partial charge is 0.163 e. The number of halogens is 2. The van der Waals surface area contributed by atoms with Crippen LogP contribution in [-0.4, -0.2) is 18.5 Å². The van der Waals surface area contributed by atoms with Crippen molar-refractivity contribution in [2.45, 2.75) is 35.9 Å². The summed E-state index contributed by atoms with van der Waals surface area (Å²) in [6.45, 7) is 8.56. The first-order valence-corrected chi connectivity index (χ1v) is 11.9. The third kappa shape index (κ3) is 3.86. The number of benzene rings is 2. The Bertz CT molecular complexity index is 971. The Morgan fingerprint density at radius 1 is 1.11 bits per heavy atom. The van der Waals surface area contributed by atoms with E-state index in [1.54, 1.807) is 0 Å². The highest BCUT2D eigenvalue weighted by atomic mass is 35.5. The minimum atomic E-state index is 0.369. The highest BCUT2D eigenvalue weighted by Gasteiger charge is 2.33. The molecule has 0 aliphatic carbocycles. The molecule has 6 heteroatoms. The van der Waals surface area contributed by atoms with E-state index in [-0.39, 0.29) is 0 Å². The Morgan fingerprint density at radius 3 is 2.54 bits per heavy atom. The number of thioether (sulfide) groups is 2. The summed E-state index contributed by atoms with van der Waals surface area (Å²) < 4.78 is 0. The molecule has 2 atom stereocenters. The van der Waals surface area contributed by atoms with Gasteiger partial charge in [0.25, 0.3) is 0 Å². The molecule has 1 N–H and O–H groups in total.